The topological polar surface area (TPSA) is 12.0 Å². The van der Waals surface area contributed by atoms with Crippen LogP contribution in [0.5, 0.6) is 0 Å². The van der Waals surface area contributed by atoms with Gasteiger partial charge in [-0.3, -0.25) is 0 Å². The van der Waals surface area contributed by atoms with Gasteiger partial charge in [0, 0.05) is 22.6 Å². The van der Waals surface area contributed by atoms with Gasteiger partial charge in [0.05, 0.1) is 0 Å². The third kappa shape index (κ3) is 2.46. The second-order valence-electron chi connectivity index (χ2n) is 5.74. The largest absolute Gasteiger partial charge is 0.316 e. The first-order chi connectivity index (χ1) is 8.88. The molecule has 2 heteroatoms. The van der Waals surface area contributed by atoms with E-state index in [4.69, 9.17) is 0 Å². The normalized spacial score (nSPS) is 25.3. The molecule has 0 saturated heterocycles. The number of hydrogen-bond acceptors (Lipinski definition) is 2. The molecule has 1 aromatic carbocycles. The molecule has 0 radical (unpaired) electrons. The minimum atomic E-state index is 0.671. The summed E-state index contributed by atoms with van der Waals surface area (Å²) in [6.07, 6.45) is 7.20. The van der Waals surface area contributed by atoms with E-state index in [1.54, 1.807) is 5.56 Å². The molecule has 2 atom stereocenters. The molecule has 18 heavy (non-hydrogen) atoms. The molecule has 1 nitrogen and oxygen atoms in total. The Morgan fingerprint density at radius 2 is 2.06 bits per heavy atom. The lowest BCUT2D eigenvalue weighted by Gasteiger charge is -2.26. The monoisotopic (exact) mass is 261 g/mol. The molecule has 3 rings (SSSR count). The smallest absolute Gasteiger partial charge is 0.0144 e. The molecule has 0 amide bonds. The lowest BCUT2D eigenvalue weighted by molar-refractivity contribution is 0.372. The second kappa shape index (κ2) is 5.66. The lowest BCUT2D eigenvalue weighted by atomic mass is 9.86. The molecule has 1 aliphatic carbocycles. The summed E-state index contributed by atoms with van der Waals surface area (Å²) in [5.74, 6) is 2.95. The van der Waals surface area contributed by atoms with Crippen molar-refractivity contribution < 1.29 is 0 Å². The van der Waals surface area contributed by atoms with Gasteiger partial charge >= 0.3 is 0 Å². The average Bonchev–Trinajstić information content (AvgIpc) is 3.05. The van der Waals surface area contributed by atoms with Crippen molar-refractivity contribution in [3.05, 3.63) is 29.8 Å². The molecular weight excluding hydrogens is 238 g/mol. The molecule has 1 aliphatic heterocycles. The van der Waals surface area contributed by atoms with Crippen LogP contribution in [-0.4, -0.2) is 18.8 Å². The maximum absolute atomic E-state index is 3.60. The first-order valence-electron chi connectivity index (χ1n) is 7.27. The molecule has 1 fully saturated rings. The third-order valence-electron chi connectivity index (χ3n) is 4.66. The maximum Gasteiger partial charge on any atom is 0.0144 e. The van der Waals surface area contributed by atoms with Gasteiger partial charge in [-0.05, 0) is 31.0 Å². The van der Waals surface area contributed by atoms with E-state index in [-0.39, 0.29) is 0 Å². The summed E-state index contributed by atoms with van der Waals surface area (Å²) in [5, 5.41) is 3.60. The first kappa shape index (κ1) is 12.6. The van der Waals surface area contributed by atoms with Gasteiger partial charge < -0.3 is 5.32 Å². The van der Waals surface area contributed by atoms with Crippen molar-refractivity contribution in [2.75, 3.05) is 12.8 Å². The predicted molar refractivity (Wildman–Crippen MR) is 79.3 cm³/mol. The van der Waals surface area contributed by atoms with Crippen LogP contribution >= 0.6 is 11.8 Å². The molecule has 2 unspecified atom stereocenters. The van der Waals surface area contributed by atoms with Gasteiger partial charge in [-0.25, -0.2) is 0 Å². The lowest BCUT2D eigenvalue weighted by Crippen LogP contribution is -2.34. The Labute approximate surface area is 115 Å². The highest BCUT2D eigenvalue weighted by atomic mass is 32.2. The second-order valence-corrected chi connectivity index (χ2v) is 6.80. The number of fused-ring (bicyclic) bond motifs is 1. The van der Waals surface area contributed by atoms with Crippen molar-refractivity contribution in [2.45, 2.75) is 49.0 Å². The van der Waals surface area contributed by atoms with E-state index < -0.39 is 0 Å². The maximum atomic E-state index is 3.60. The highest BCUT2D eigenvalue weighted by Crippen LogP contribution is 2.43. The fourth-order valence-corrected chi connectivity index (χ4v) is 4.94. The highest BCUT2D eigenvalue weighted by Gasteiger charge is 2.31. The van der Waals surface area contributed by atoms with E-state index in [1.165, 1.54) is 42.8 Å². The Hall–Kier alpha value is -0.470. The van der Waals surface area contributed by atoms with E-state index in [1.807, 2.05) is 11.8 Å². The standard InChI is InChI=1S/C16H23NS/c1-17-15(10-12-6-2-3-7-12)14-11-18-16-9-5-4-8-13(14)16/h4-5,8-9,12,14-15,17H,2-3,6-7,10-11H2,1H3. The van der Waals surface area contributed by atoms with Gasteiger partial charge in [0.15, 0.2) is 0 Å². The van der Waals surface area contributed by atoms with Crippen LogP contribution in [0.4, 0.5) is 0 Å². The molecule has 0 aromatic heterocycles. The summed E-state index contributed by atoms with van der Waals surface area (Å²) in [6, 6.07) is 9.64. The minimum absolute atomic E-state index is 0.671. The molecule has 1 aromatic rings. The van der Waals surface area contributed by atoms with Gasteiger partial charge in [0.1, 0.15) is 0 Å². The van der Waals surface area contributed by atoms with Crippen molar-refractivity contribution in [2.24, 2.45) is 5.92 Å². The van der Waals surface area contributed by atoms with E-state index >= 15 is 0 Å². The quantitative estimate of drug-likeness (QED) is 0.877. The third-order valence-corrected chi connectivity index (χ3v) is 5.86. The Kier molecular flexibility index (Phi) is 3.95. The van der Waals surface area contributed by atoms with Crippen LogP contribution in [0.1, 0.15) is 43.6 Å². The van der Waals surface area contributed by atoms with Gasteiger partial charge in [-0.1, -0.05) is 43.9 Å². The van der Waals surface area contributed by atoms with Crippen molar-refractivity contribution in [3.63, 3.8) is 0 Å². The Morgan fingerprint density at radius 3 is 2.83 bits per heavy atom. The number of benzene rings is 1. The van der Waals surface area contributed by atoms with Crippen LogP contribution in [-0.2, 0) is 0 Å². The molecular formula is C16H23NS. The fourth-order valence-electron chi connectivity index (χ4n) is 3.61. The summed E-state index contributed by atoms with van der Waals surface area (Å²) in [7, 11) is 2.14. The molecule has 98 valence electrons. The minimum Gasteiger partial charge on any atom is -0.316 e. The van der Waals surface area contributed by atoms with Crippen molar-refractivity contribution in [1.29, 1.82) is 0 Å². The number of rotatable bonds is 4. The van der Waals surface area contributed by atoms with Crippen LogP contribution in [0.2, 0.25) is 0 Å². The van der Waals surface area contributed by atoms with E-state index in [0.29, 0.717) is 6.04 Å². The Bertz CT molecular complexity index is 398. The average molecular weight is 261 g/mol. The SMILES string of the molecule is CNC(CC1CCCC1)C1CSc2ccccc21. The van der Waals surface area contributed by atoms with Gasteiger partial charge in [0.25, 0.3) is 0 Å². The van der Waals surface area contributed by atoms with Gasteiger partial charge in [-0.2, -0.15) is 0 Å². The van der Waals surface area contributed by atoms with E-state index in [9.17, 15) is 0 Å². The summed E-state index contributed by atoms with van der Waals surface area (Å²) in [4.78, 5) is 1.51. The fraction of sp³-hybridized carbons (Fsp3) is 0.625. The Morgan fingerprint density at radius 1 is 1.28 bits per heavy atom. The molecule has 1 saturated carbocycles. The Balaban J connectivity index is 1.72. The van der Waals surface area contributed by atoms with Crippen LogP contribution in [0.3, 0.4) is 0 Å². The van der Waals surface area contributed by atoms with Crippen LogP contribution in [0.25, 0.3) is 0 Å². The number of thioether (sulfide) groups is 1. The van der Waals surface area contributed by atoms with Crippen LogP contribution < -0.4 is 5.32 Å². The summed E-state index contributed by atoms with van der Waals surface area (Å²) < 4.78 is 0. The molecule has 2 aliphatic rings. The zero-order valence-corrected chi connectivity index (χ0v) is 12.0. The van der Waals surface area contributed by atoms with E-state index in [0.717, 1.165) is 11.8 Å². The molecule has 1 heterocycles. The summed E-state index contributed by atoms with van der Waals surface area (Å²) in [6.45, 7) is 0. The van der Waals surface area contributed by atoms with Gasteiger partial charge in [0.2, 0.25) is 0 Å². The number of nitrogens with one attached hydrogen (secondary N) is 1. The molecule has 1 N–H and O–H groups in total. The molecule has 0 bridgehead atoms. The van der Waals surface area contributed by atoms with Crippen molar-refractivity contribution in [3.8, 4) is 0 Å². The highest BCUT2D eigenvalue weighted by molar-refractivity contribution is 7.99. The summed E-state index contributed by atoms with van der Waals surface area (Å²) >= 11 is 2.04. The number of likely N-dealkylation sites (N-methyl/N-ethyl adjacent to an activating group) is 1. The number of hydrogen-bond donors (Lipinski definition) is 1. The summed E-state index contributed by atoms with van der Waals surface area (Å²) in [5.41, 5.74) is 1.58. The predicted octanol–water partition coefficient (Wildman–Crippen LogP) is 4.04. The zero-order valence-electron chi connectivity index (χ0n) is 11.2. The molecule has 0 spiro atoms. The van der Waals surface area contributed by atoms with E-state index in [2.05, 4.69) is 36.6 Å². The van der Waals surface area contributed by atoms with Crippen molar-refractivity contribution in [1.82, 2.24) is 5.32 Å². The van der Waals surface area contributed by atoms with Crippen LogP contribution in [0, 0.1) is 5.92 Å². The van der Waals surface area contributed by atoms with Crippen LogP contribution in [0.15, 0.2) is 29.2 Å². The first-order valence-corrected chi connectivity index (χ1v) is 8.26. The zero-order chi connectivity index (χ0) is 12.4. The van der Waals surface area contributed by atoms with Gasteiger partial charge in [-0.15, -0.1) is 11.8 Å². The van der Waals surface area contributed by atoms with Crippen molar-refractivity contribution >= 4 is 11.8 Å².